The van der Waals surface area contributed by atoms with Gasteiger partial charge in [-0.2, -0.15) is 0 Å². The van der Waals surface area contributed by atoms with Gasteiger partial charge in [-0.25, -0.2) is 4.98 Å². The van der Waals surface area contributed by atoms with Gasteiger partial charge in [-0.15, -0.1) is 11.3 Å². The molecule has 5 heteroatoms. The average molecular weight is 304 g/mol. The maximum absolute atomic E-state index is 12.0. The normalized spacial score (nSPS) is 12.1. The van der Waals surface area contributed by atoms with E-state index in [1.54, 1.807) is 5.38 Å². The van der Waals surface area contributed by atoms with Crippen LogP contribution in [0.2, 0.25) is 0 Å². The molecular formula is C16H20N2O2S. The quantitative estimate of drug-likeness (QED) is 0.862. The molecule has 2 N–H and O–H groups in total. The number of amides is 1. The fourth-order valence-electron chi connectivity index (χ4n) is 2.05. The molecule has 0 aliphatic carbocycles. The molecular weight excluding hydrogens is 284 g/mol. The second-order valence-electron chi connectivity index (χ2n) is 5.01. The Morgan fingerprint density at radius 2 is 2.19 bits per heavy atom. The number of hydrogen-bond donors (Lipinski definition) is 2. The lowest BCUT2D eigenvalue weighted by molar-refractivity contribution is 0.0906. The summed E-state index contributed by atoms with van der Waals surface area (Å²) in [6, 6.07) is 7.97. The molecule has 0 bridgehead atoms. The van der Waals surface area contributed by atoms with Crippen molar-refractivity contribution in [2.75, 3.05) is 6.54 Å². The molecule has 1 heterocycles. The molecule has 0 aliphatic heterocycles. The first-order valence-electron chi connectivity index (χ1n) is 7.09. The van der Waals surface area contributed by atoms with Gasteiger partial charge in [-0.3, -0.25) is 4.79 Å². The Bertz CT molecular complexity index is 610. The minimum absolute atomic E-state index is 0.235. The topological polar surface area (TPSA) is 62.2 Å². The number of hydrogen-bond acceptors (Lipinski definition) is 4. The Hall–Kier alpha value is -1.72. The Morgan fingerprint density at radius 3 is 2.90 bits per heavy atom. The van der Waals surface area contributed by atoms with Gasteiger partial charge in [0.2, 0.25) is 0 Å². The SMILES string of the molecule is CCCC(O)CNC(=O)c1csc(-c2ccccc2C)n1. The monoisotopic (exact) mass is 304 g/mol. The number of aromatic nitrogens is 1. The van der Waals surface area contributed by atoms with Crippen molar-refractivity contribution >= 4 is 17.2 Å². The summed E-state index contributed by atoms with van der Waals surface area (Å²) < 4.78 is 0. The second-order valence-corrected chi connectivity index (χ2v) is 5.86. The van der Waals surface area contributed by atoms with E-state index >= 15 is 0 Å². The maximum Gasteiger partial charge on any atom is 0.270 e. The number of aliphatic hydroxyl groups is 1. The van der Waals surface area contributed by atoms with Gasteiger partial charge in [0.05, 0.1) is 6.10 Å². The lowest BCUT2D eigenvalue weighted by Gasteiger charge is -2.09. The summed E-state index contributed by atoms with van der Waals surface area (Å²) in [5, 5.41) is 14.9. The summed E-state index contributed by atoms with van der Waals surface area (Å²) in [6.07, 6.45) is 1.09. The first kappa shape index (κ1) is 15.7. The Labute approximate surface area is 128 Å². The number of carbonyl (C=O) groups is 1. The molecule has 1 atom stereocenters. The largest absolute Gasteiger partial charge is 0.391 e. The van der Waals surface area contributed by atoms with E-state index in [4.69, 9.17) is 0 Å². The summed E-state index contributed by atoms with van der Waals surface area (Å²) in [4.78, 5) is 16.4. The Kier molecular flexibility index (Phi) is 5.47. The highest BCUT2D eigenvalue weighted by molar-refractivity contribution is 7.13. The van der Waals surface area contributed by atoms with E-state index in [1.807, 2.05) is 38.1 Å². The van der Waals surface area contributed by atoms with Crippen LogP contribution in [0.3, 0.4) is 0 Å². The van der Waals surface area contributed by atoms with Crippen molar-refractivity contribution in [2.45, 2.75) is 32.8 Å². The van der Waals surface area contributed by atoms with Crippen LogP contribution < -0.4 is 5.32 Å². The van der Waals surface area contributed by atoms with Crippen molar-refractivity contribution in [3.8, 4) is 10.6 Å². The molecule has 0 saturated carbocycles. The molecule has 2 rings (SSSR count). The molecule has 1 amide bonds. The number of rotatable bonds is 6. The van der Waals surface area contributed by atoms with E-state index in [9.17, 15) is 9.90 Å². The van der Waals surface area contributed by atoms with E-state index in [0.29, 0.717) is 12.1 Å². The van der Waals surface area contributed by atoms with E-state index < -0.39 is 6.10 Å². The molecule has 112 valence electrons. The molecule has 2 aromatic rings. The average Bonchev–Trinajstić information content (AvgIpc) is 2.95. The molecule has 4 nitrogen and oxygen atoms in total. The summed E-state index contributed by atoms with van der Waals surface area (Å²) >= 11 is 1.46. The fraction of sp³-hybridized carbons (Fsp3) is 0.375. The second kappa shape index (κ2) is 7.33. The van der Waals surface area contributed by atoms with Crippen molar-refractivity contribution in [3.63, 3.8) is 0 Å². The van der Waals surface area contributed by atoms with Gasteiger partial charge in [0.1, 0.15) is 10.7 Å². The van der Waals surface area contributed by atoms with Gasteiger partial charge in [0, 0.05) is 17.5 Å². The van der Waals surface area contributed by atoms with Crippen LogP contribution in [-0.2, 0) is 0 Å². The number of nitrogens with zero attached hydrogens (tertiary/aromatic N) is 1. The highest BCUT2D eigenvalue weighted by Gasteiger charge is 2.13. The molecule has 0 aliphatic rings. The number of carbonyl (C=O) groups excluding carboxylic acids is 1. The third kappa shape index (κ3) is 4.12. The van der Waals surface area contributed by atoms with E-state index in [1.165, 1.54) is 11.3 Å². The van der Waals surface area contributed by atoms with Crippen molar-refractivity contribution in [2.24, 2.45) is 0 Å². The summed E-state index contributed by atoms with van der Waals surface area (Å²) in [5.41, 5.74) is 2.59. The number of benzene rings is 1. The van der Waals surface area contributed by atoms with Gasteiger partial charge in [0.25, 0.3) is 5.91 Å². The lowest BCUT2D eigenvalue weighted by atomic mass is 10.1. The zero-order valence-corrected chi connectivity index (χ0v) is 13.1. The van der Waals surface area contributed by atoms with Crippen LogP contribution in [0.15, 0.2) is 29.6 Å². The molecule has 1 aromatic heterocycles. The minimum Gasteiger partial charge on any atom is -0.391 e. The van der Waals surface area contributed by atoms with Crippen LogP contribution >= 0.6 is 11.3 Å². The van der Waals surface area contributed by atoms with Gasteiger partial charge >= 0.3 is 0 Å². The van der Waals surface area contributed by atoms with Crippen molar-refractivity contribution in [1.82, 2.24) is 10.3 Å². The zero-order chi connectivity index (χ0) is 15.2. The van der Waals surface area contributed by atoms with Crippen LogP contribution in [-0.4, -0.2) is 28.6 Å². The van der Waals surface area contributed by atoms with Crippen molar-refractivity contribution < 1.29 is 9.90 Å². The van der Waals surface area contributed by atoms with Crippen LogP contribution in [0.4, 0.5) is 0 Å². The number of nitrogens with one attached hydrogen (secondary N) is 1. The highest BCUT2D eigenvalue weighted by Crippen LogP contribution is 2.26. The van der Waals surface area contributed by atoms with Gasteiger partial charge < -0.3 is 10.4 Å². The minimum atomic E-state index is -0.492. The summed E-state index contributed by atoms with van der Waals surface area (Å²) in [6.45, 7) is 4.29. The zero-order valence-electron chi connectivity index (χ0n) is 12.3. The highest BCUT2D eigenvalue weighted by atomic mass is 32.1. The van der Waals surface area contributed by atoms with Gasteiger partial charge in [-0.05, 0) is 18.9 Å². The molecule has 0 fully saturated rings. The molecule has 1 aromatic carbocycles. The predicted octanol–water partition coefficient (Wildman–Crippen LogP) is 3.01. The fourth-order valence-corrected chi connectivity index (χ4v) is 2.94. The summed E-state index contributed by atoms with van der Waals surface area (Å²) in [5.74, 6) is -0.235. The maximum atomic E-state index is 12.0. The van der Waals surface area contributed by atoms with E-state index in [2.05, 4.69) is 10.3 Å². The Morgan fingerprint density at radius 1 is 1.43 bits per heavy atom. The molecule has 21 heavy (non-hydrogen) atoms. The van der Waals surface area contributed by atoms with Crippen LogP contribution in [0.25, 0.3) is 10.6 Å². The smallest absolute Gasteiger partial charge is 0.270 e. The van der Waals surface area contributed by atoms with Crippen molar-refractivity contribution in [1.29, 1.82) is 0 Å². The van der Waals surface area contributed by atoms with Crippen LogP contribution in [0.1, 0.15) is 35.8 Å². The number of aryl methyl sites for hydroxylation is 1. The van der Waals surface area contributed by atoms with Crippen molar-refractivity contribution in [3.05, 3.63) is 40.9 Å². The third-order valence-electron chi connectivity index (χ3n) is 3.23. The number of aliphatic hydroxyl groups excluding tert-OH is 1. The third-order valence-corrected chi connectivity index (χ3v) is 4.11. The van der Waals surface area contributed by atoms with Crippen LogP contribution in [0.5, 0.6) is 0 Å². The standard InChI is InChI=1S/C16H20N2O2S/c1-3-6-12(19)9-17-15(20)14-10-21-16(18-14)13-8-5-4-7-11(13)2/h4-5,7-8,10,12,19H,3,6,9H2,1-2H3,(H,17,20). The van der Waals surface area contributed by atoms with Gasteiger partial charge in [-0.1, -0.05) is 37.6 Å². The first-order valence-corrected chi connectivity index (χ1v) is 7.97. The summed E-state index contributed by atoms with van der Waals surface area (Å²) in [7, 11) is 0. The van der Waals surface area contributed by atoms with Gasteiger partial charge in [0.15, 0.2) is 0 Å². The first-order chi connectivity index (χ1) is 10.1. The predicted molar refractivity (Wildman–Crippen MR) is 85.5 cm³/mol. The van der Waals surface area contributed by atoms with E-state index in [-0.39, 0.29) is 12.5 Å². The van der Waals surface area contributed by atoms with E-state index in [0.717, 1.165) is 22.6 Å². The molecule has 0 radical (unpaired) electrons. The molecule has 0 spiro atoms. The molecule has 0 saturated heterocycles. The number of thiazole rings is 1. The Balaban J connectivity index is 2.03. The lowest BCUT2D eigenvalue weighted by Crippen LogP contribution is -2.32. The van der Waals surface area contributed by atoms with Crippen LogP contribution in [0, 0.1) is 6.92 Å². The molecule has 1 unspecified atom stereocenters.